The average Bonchev–Trinajstić information content (AvgIpc) is 2.86. The molecular weight excluding hydrogens is 241 g/mol. The summed E-state index contributed by atoms with van der Waals surface area (Å²) in [6.07, 6.45) is 3.58. The first-order valence-electron chi connectivity index (χ1n) is 7.13. The van der Waals surface area contributed by atoms with Gasteiger partial charge in [-0.25, -0.2) is 4.39 Å². The van der Waals surface area contributed by atoms with E-state index in [1.54, 1.807) is 12.1 Å². The molecule has 1 aliphatic heterocycles. The lowest BCUT2D eigenvalue weighted by molar-refractivity contribution is -0.132. The maximum absolute atomic E-state index is 13.0. The molecule has 104 valence electrons. The van der Waals surface area contributed by atoms with Gasteiger partial charge in [0.05, 0.1) is 6.04 Å². The minimum Gasteiger partial charge on any atom is -0.336 e. The smallest absolute Gasteiger partial charge is 0.223 e. The molecule has 1 saturated heterocycles. The lowest BCUT2D eigenvalue weighted by Crippen LogP contribution is -2.30. The summed E-state index contributed by atoms with van der Waals surface area (Å²) in [6, 6.07) is 6.69. The maximum Gasteiger partial charge on any atom is 0.223 e. The molecule has 1 unspecified atom stereocenters. The van der Waals surface area contributed by atoms with Gasteiger partial charge in [-0.05, 0) is 42.9 Å². The fraction of sp³-hybridized carbons (Fsp3) is 0.562. The zero-order valence-electron chi connectivity index (χ0n) is 11.7. The normalized spacial score (nSPS) is 19.2. The van der Waals surface area contributed by atoms with E-state index >= 15 is 0 Å². The highest BCUT2D eigenvalue weighted by Gasteiger charge is 2.29. The number of amides is 1. The molecule has 19 heavy (non-hydrogen) atoms. The lowest BCUT2D eigenvalue weighted by Gasteiger charge is -2.25. The van der Waals surface area contributed by atoms with Gasteiger partial charge in [-0.2, -0.15) is 0 Å². The van der Waals surface area contributed by atoms with Gasteiger partial charge in [0.15, 0.2) is 0 Å². The van der Waals surface area contributed by atoms with Crippen LogP contribution in [0.15, 0.2) is 24.3 Å². The highest BCUT2D eigenvalue weighted by molar-refractivity contribution is 5.77. The van der Waals surface area contributed by atoms with E-state index in [0.717, 1.165) is 31.4 Å². The molecule has 1 atom stereocenters. The Hall–Kier alpha value is -1.38. The Kier molecular flexibility index (Phi) is 4.56. The van der Waals surface area contributed by atoms with Crippen LogP contribution in [0.3, 0.4) is 0 Å². The number of carbonyl (C=O) groups is 1. The summed E-state index contributed by atoms with van der Waals surface area (Å²) < 4.78 is 13.0. The molecule has 1 heterocycles. The number of likely N-dealkylation sites (tertiary alicyclic amines) is 1. The van der Waals surface area contributed by atoms with E-state index in [1.807, 2.05) is 4.90 Å². The molecule has 0 aromatic heterocycles. The van der Waals surface area contributed by atoms with E-state index in [0.29, 0.717) is 12.3 Å². The van der Waals surface area contributed by atoms with Crippen molar-refractivity contribution in [2.24, 2.45) is 5.92 Å². The van der Waals surface area contributed by atoms with Crippen molar-refractivity contribution in [3.8, 4) is 0 Å². The third-order valence-electron chi connectivity index (χ3n) is 3.76. The van der Waals surface area contributed by atoms with Gasteiger partial charge in [0, 0.05) is 13.0 Å². The third-order valence-corrected chi connectivity index (χ3v) is 3.76. The molecular formula is C16H22FNO. The Morgan fingerprint density at radius 2 is 2.05 bits per heavy atom. The topological polar surface area (TPSA) is 20.3 Å². The van der Waals surface area contributed by atoms with Crippen molar-refractivity contribution in [1.82, 2.24) is 4.90 Å². The first-order valence-corrected chi connectivity index (χ1v) is 7.13. The van der Waals surface area contributed by atoms with Crippen LogP contribution in [0.1, 0.15) is 51.1 Å². The van der Waals surface area contributed by atoms with Crippen molar-refractivity contribution in [2.45, 2.75) is 45.6 Å². The molecule has 0 spiro atoms. The second-order valence-electron chi connectivity index (χ2n) is 5.73. The number of hydrogen-bond acceptors (Lipinski definition) is 1. The number of halogens is 1. The van der Waals surface area contributed by atoms with Crippen LogP contribution < -0.4 is 0 Å². The monoisotopic (exact) mass is 263 g/mol. The predicted molar refractivity (Wildman–Crippen MR) is 74.2 cm³/mol. The zero-order valence-corrected chi connectivity index (χ0v) is 11.7. The number of rotatable bonds is 4. The van der Waals surface area contributed by atoms with E-state index in [2.05, 4.69) is 13.8 Å². The molecule has 1 amide bonds. The standard InChI is InChI=1S/C16H22FNO/c1-12(2)5-10-16(19)18-11-3-4-15(18)13-6-8-14(17)9-7-13/h6-9,12,15H,3-5,10-11H2,1-2H3. The highest BCUT2D eigenvalue weighted by Crippen LogP contribution is 2.32. The number of carbonyl (C=O) groups excluding carboxylic acids is 1. The van der Waals surface area contributed by atoms with Gasteiger partial charge in [0.1, 0.15) is 5.82 Å². The molecule has 1 aromatic carbocycles. The van der Waals surface area contributed by atoms with Crippen LogP contribution >= 0.6 is 0 Å². The minimum atomic E-state index is -0.223. The molecule has 1 fully saturated rings. The van der Waals surface area contributed by atoms with Crippen molar-refractivity contribution in [1.29, 1.82) is 0 Å². The van der Waals surface area contributed by atoms with Gasteiger partial charge in [-0.3, -0.25) is 4.79 Å². The largest absolute Gasteiger partial charge is 0.336 e. The third kappa shape index (κ3) is 3.55. The molecule has 3 heteroatoms. The van der Waals surface area contributed by atoms with Crippen molar-refractivity contribution >= 4 is 5.91 Å². The van der Waals surface area contributed by atoms with Crippen molar-refractivity contribution in [3.63, 3.8) is 0 Å². The van der Waals surface area contributed by atoms with E-state index < -0.39 is 0 Å². The van der Waals surface area contributed by atoms with Crippen LogP contribution in [0.2, 0.25) is 0 Å². The van der Waals surface area contributed by atoms with Gasteiger partial charge in [0.25, 0.3) is 0 Å². The molecule has 0 saturated carbocycles. The van der Waals surface area contributed by atoms with Crippen molar-refractivity contribution in [2.75, 3.05) is 6.54 Å². The number of hydrogen-bond donors (Lipinski definition) is 0. The van der Waals surface area contributed by atoms with Crippen LogP contribution in [-0.2, 0) is 4.79 Å². The number of nitrogens with zero attached hydrogens (tertiary/aromatic N) is 1. The van der Waals surface area contributed by atoms with Crippen molar-refractivity contribution < 1.29 is 9.18 Å². The molecule has 2 rings (SSSR count). The molecule has 1 aromatic rings. The summed E-state index contributed by atoms with van der Waals surface area (Å²) in [5.74, 6) is 0.566. The summed E-state index contributed by atoms with van der Waals surface area (Å²) in [5, 5.41) is 0. The van der Waals surface area contributed by atoms with Gasteiger partial charge < -0.3 is 4.90 Å². The Balaban J connectivity index is 2.04. The van der Waals surface area contributed by atoms with Crippen molar-refractivity contribution in [3.05, 3.63) is 35.6 Å². The zero-order chi connectivity index (χ0) is 13.8. The van der Waals surface area contributed by atoms with Gasteiger partial charge in [-0.15, -0.1) is 0 Å². The van der Waals surface area contributed by atoms with Gasteiger partial charge in [0.2, 0.25) is 5.91 Å². The van der Waals surface area contributed by atoms with E-state index in [9.17, 15) is 9.18 Å². The minimum absolute atomic E-state index is 0.139. The molecule has 1 aliphatic rings. The molecule has 0 aliphatic carbocycles. The Bertz CT molecular complexity index is 427. The second-order valence-corrected chi connectivity index (χ2v) is 5.73. The van der Waals surface area contributed by atoms with Crippen LogP contribution in [0.4, 0.5) is 4.39 Å². The number of benzene rings is 1. The molecule has 2 nitrogen and oxygen atoms in total. The summed E-state index contributed by atoms with van der Waals surface area (Å²) >= 11 is 0. The first-order chi connectivity index (χ1) is 9.08. The lowest BCUT2D eigenvalue weighted by atomic mass is 10.0. The second kappa shape index (κ2) is 6.18. The van der Waals surface area contributed by atoms with Crippen LogP contribution in [0.5, 0.6) is 0 Å². The van der Waals surface area contributed by atoms with Crippen LogP contribution in [-0.4, -0.2) is 17.4 Å². The Morgan fingerprint density at radius 3 is 2.68 bits per heavy atom. The van der Waals surface area contributed by atoms with Gasteiger partial charge >= 0.3 is 0 Å². The Morgan fingerprint density at radius 1 is 1.37 bits per heavy atom. The summed E-state index contributed by atoms with van der Waals surface area (Å²) in [5.41, 5.74) is 1.05. The Labute approximate surface area is 114 Å². The predicted octanol–water partition coefficient (Wildman–Crippen LogP) is 3.93. The fourth-order valence-corrected chi connectivity index (χ4v) is 2.65. The van der Waals surface area contributed by atoms with Crippen LogP contribution in [0.25, 0.3) is 0 Å². The van der Waals surface area contributed by atoms with Gasteiger partial charge in [-0.1, -0.05) is 26.0 Å². The highest BCUT2D eigenvalue weighted by atomic mass is 19.1. The molecule has 0 radical (unpaired) electrons. The van der Waals surface area contributed by atoms with E-state index in [4.69, 9.17) is 0 Å². The van der Waals surface area contributed by atoms with E-state index in [1.165, 1.54) is 12.1 Å². The quantitative estimate of drug-likeness (QED) is 0.806. The first kappa shape index (κ1) is 14.0. The fourth-order valence-electron chi connectivity index (χ4n) is 2.65. The summed E-state index contributed by atoms with van der Waals surface area (Å²) in [7, 11) is 0. The molecule has 0 N–H and O–H groups in total. The maximum atomic E-state index is 13.0. The van der Waals surface area contributed by atoms with E-state index in [-0.39, 0.29) is 17.8 Å². The SMILES string of the molecule is CC(C)CCC(=O)N1CCCC1c1ccc(F)cc1. The average molecular weight is 263 g/mol. The summed E-state index contributed by atoms with van der Waals surface area (Å²) in [4.78, 5) is 14.2. The summed E-state index contributed by atoms with van der Waals surface area (Å²) in [6.45, 7) is 5.10. The van der Waals surface area contributed by atoms with Crippen LogP contribution in [0, 0.1) is 11.7 Å². The molecule has 0 bridgehead atoms.